The first-order valence-electron chi connectivity index (χ1n) is 12.3. The normalized spacial score (nSPS) is 13.7. The summed E-state index contributed by atoms with van der Waals surface area (Å²) in [4.78, 5) is 15.5. The molecule has 1 fully saturated rings. The Morgan fingerprint density at radius 2 is 2.10 bits per heavy atom. The Bertz CT molecular complexity index is 1530. The number of carbonyl (C=O) groups is 1. The van der Waals surface area contributed by atoms with Gasteiger partial charge in [-0.2, -0.15) is 9.78 Å². The number of aromatic nitrogens is 5. The number of rotatable bonds is 10. The number of nitrogen functional groups attached to an aromatic ring is 1. The van der Waals surface area contributed by atoms with Crippen LogP contribution in [0.2, 0.25) is 5.02 Å². The lowest BCUT2D eigenvalue weighted by atomic mass is 10.2. The largest absolute Gasteiger partial charge is 0.496 e. The van der Waals surface area contributed by atoms with Crippen LogP contribution in [0.3, 0.4) is 0 Å². The van der Waals surface area contributed by atoms with Gasteiger partial charge in [-0.3, -0.25) is 9.69 Å². The van der Waals surface area contributed by atoms with E-state index in [-0.39, 0.29) is 17.3 Å². The topological polar surface area (TPSA) is 159 Å². The van der Waals surface area contributed by atoms with Crippen LogP contribution in [0.25, 0.3) is 5.82 Å². The lowest BCUT2D eigenvalue weighted by Gasteiger charge is -2.13. The van der Waals surface area contributed by atoms with Gasteiger partial charge in [0, 0.05) is 22.1 Å². The number of nitrogens with one attached hydrogen (secondary N) is 1. The Kier molecular flexibility index (Phi) is 8.57. The summed E-state index contributed by atoms with van der Waals surface area (Å²) in [5.74, 6) is 0.532. The molecule has 1 aliphatic rings. The maximum absolute atomic E-state index is 13.3. The van der Waals surface area contributed by atoms with Crippen LogP contribution in [0.1, 0.15) is 40.2 Å². The Morgan fingerprint density at radius 3 is 2.83 bits per heavy atom. The highest BCUT2D eigenvalue weighted by atomic mass is 79.9. The summed E-state index contributed by atoms with van der Waals surface area (Å²) in [6, 6.07) is 10.9. The summed E-state index contributed by atoms with van der Waals surface area (Å²) in [7, 11) is 1.53. The van der Waals surface area contributed by atoms with E-state index in [9.17, 15) is 4.79 Å². The third kappa shape index (κ3) is 6.24. The van der Waals surface area contributed by atoms with Gasteiger partial charge in [0.05, 0.1) is 18.9 Å². The molecule has 1 aliphatic heterocycles. The fourth-order valence-corrected chi connectivity index (χ4v) is 4.97. The van der Waals surface area contributed by atoms with Crippen LogP contribution in [0.15, 0.2) is 50.6 Å². The van der Waals surface area contributed by atoms with E-state index in [1.807, 2.05) is 18.2 Å². The quantitative estimate of drug-likeness (QED) is 0.196. The first kappa shape index (κ1) is 27.6. The Balaban J connectivity index is 1.33. The molecule has 0 saturated carbocycles. The highest BCUT2D eigenvalue weighted by Crippen LogP contribution is 2.32. The number of carbonyl (C=O) groups excluding carboxylic acids is 1. The van der Waals surface area contributed by atoms with E-state index >= 15 is 0 Å². The maximum Gasteiger partial charge on any atom is 0.292 e. The summed E-state index contributed by atoms with van der Waals surface area (Å²) in [6.07, 6.45) is 3.63. The van der Waals surface area contributed by atoms with Crippen LogP contribution in [-0.2, 0) is 13.2 Å². The number of nitrogens with two attached hydrogens (primary N) is 1. The van der Waals surface area contributed by atoms with Gasteiger partial charge in [0.2, 0.25) is 11.6 Å². The molecule has 15 heteroatoms. The summed E-state index contributed by atoms with van der Waals surface area (Å²) < 4.78 is 18.0. The molecule has 0 spiro atoms. The van der Waals surface area contributed by atoms with E-state index in [0.29, 0.717) is 45.4 Å². The number of likely N-dealkylation sites (tertiary alicyclic amines) is 1. The van der Waals surface area contributed by atoms with Crippen molar-refractivity contribution < 1.29 is 18.9 Å². The van der Waals surface area contributed by atoms with Gasteiger partial charge >= 0.3 is 0 Å². The lowest BCUT2D eigenvalue weighted by molar-refractivity contribution is 0.0945. The van der Waals surface area contributed by atoms with Gasteiger partial charge in [-0.05, 0) is 75.9 Å². The van der Waals surface area contributed by atoms with Crippen LogP contribution in [0.4, 0.5) is 5.82 Å². The first-order valence-corrected chi connectivity index (χ1v) is 13.4. The zero-order chi connectivity index (χ0) is 28.1. The van der Waals surface area contributed by atoms with E-state index in [1.54, 1.807) is 18.2 Å². The highest BCUT2D eigenvalue weighted by Gasteiger charge is 2.27. The Morgan fingerprint density at radius 1 is 1.27 bits per heavy atom. The SMILES string of the molecule is COc1cc(OCc2cccc(Cl)c2)cc(Br)c1/C=N\NC(=O)c1c(CN2CCCC2)nnn1-c1nonc1N. The molecule has 0 unspecified atom stereocenters. The van der Waals surface area contributed by atoms with Gasteiger partial charge in [0.15, 0.2) is 5.69 Å². The fraction of sp³-hybridized carbons (Fsp3) is 0.280. The second-order valence-electron chi connectivity index (χ2n) is 8.89. The number of hydrazone groups is 1. The van der Waals surface area contributed by atoms with Crippen molar-refractivity contribution in [3.05, 3.63) is 68.4 Å². The van der Waals surface area contributed by atoms with Gasteiger partial charge in [-0.1, -0.05) is 28.9 Å². The molecule has 2 aromatic heterocycles. The van der Waals surface area contributed by atoms with Crippen molar-refractivity contribution in [3.63, 3.8) is 0 Å². The number of benzene rings is 2. The molecule has 208 valence electrons. The third-order valence-corrected chi connectivity index (χ3v) is 7.05. The molecular formula is C25H25BrClN9O4. The molecule has 3 N–H and O–H groups in total. The number of amides is 1. The van der Waals surface area contributed by atoms with Crippen molar-refractivity contribution in [3.8, 4) is 17.3 Å². The smallest absolute Gasteiger partial charge is 0.292 e. The minimum atomic E-state index is -0.561. The van der Waals surface area contributed by atoms with E-state index < -0.39 is 5.91 Å². The first-order chi connectivity index (χ1) is 19.4. The van der Waals surface area contributed by atoms with Crippen LogP contribution < -0.4 is 20.6 Å². The molecule has 1 amide bonds. The Hall–Kier alpha value is -4.01. The van der Waals surface area contributed by atoms with Gasteiger partial charge in [-0.25, -0.2) is 10.1 Å². The molecule has 2 aromatic carbocycles. The van der Waals surface area contributed by atoms with Crippen LogP contribution in [0, 0.1) is 0 Å². The molecule has 0 bridgehead atoms. The molecule has 3 heterocycles. The monoisotopic (exact) mass is 629 g/mol. The molecule has 0 atom stereocenters. The lowest BCUT2D eigenvalue weighted by Crippen LogP contribution is -2.26. The number of nitrogens with zero attached hydrogens (tertiary/aromatic N) is 7. The number of anilines is 1. The van der Waals surface area contributed by atoms with E-state index in [1.165, 1.54) is 18.0 Å². The third-order valence-electron chi connectivity index (χ3n) is 6.16. The molecule has 0 aliphatic carbocycles. The van der Waals surface area contributed by atoms with Crippen molar-refractivity contribution in [1.29, 1.82) is 0 Å². The molecule has 0 radical (unpaired) electrons. The van der Waals surface area contributed by atoms with Crippen molar-refractivity contribution in [2.75, 3.05) is 25.9 Å². The van der Waals surface area contributed by atoms with E-state index in [2.05, 4.69) is 52.0 Å². The van der Waals surface area contributed by atoms with Crippen LogP contribution >= 0.6 is 27.5 Å². The van der Waals surface area contributed by atoms with Gasteiger partial charge in [0.1, 0.15) is 23.8 Å². The molecule has 5 rings (SSSR count). The van der Waals surface area contributed by atoms with Crippen molar-refractivity contribution in [1.82, 2.24) is 35.6 Å². The molecule has 1 saturated heterocycles. The van der Waals surface area contributed by atoms with Gasteiger partial charge in [0.25, 0.3) is 5.91 Å². The highest BCUT2D eigenvalue weighted by molar-refractivity contribution is 9.10. The van der Waals surface area contributed by atoms with Crippen molar-refractivity contribution in [2.45, 2.75) is 26.0 Å². The summed E-state index contributed by atoms with van der Waals surface area (Å²) in [5.41, 5.74) is 10.5. The van der Waals surface area contributed by atoms with Crippen molar-refractivity contribution in [2.24, 2.45) is 5.10 Å². The maximum atomic E-state index is 13.3. The second-order valence-corrected chi connectivity index (χ2v) is 10.2. The van der Waals surface area contributed by atoms with Crippen LogP contribution in [-0.4, -0.2) is 62.5 Å². The summed E-state index contributed by atoms with van der Waals surface area (Å²) >= 11 is 9.59. The van der Waals surface area contributed by atoms with Gasteiger partial charge in [-0.15, -0.1) is 5.10 Å². The number of methoxy groups -OCH3 is 1. The average Bonchev–Trinajstić information content (AvgIpc) is 3.70. The molecular weight excluding hydrogens is 606 g/mol. The average molecular weight is 631 g/mol. The summed E-state index contributed by atoms with van der Waals surface area (Å²) in [6.45, 7) is 2.58. The second kappa shape index (κ2) is 12.4. The number of ether oxygens (including phenoxy) is 2. The standard InChI is InChI=1S/C25H25BrClN9O4/c1-38-21-11-17(39-14-15-5-4-6-16(27)9-15)10-19(26)18(21)12-29-31-25(37)22-20(13-35-7-2-3-8-35)30-34-36(22)24-23(28)32-40-33-24/h4-6,9-12H,2-3,7-8,13-14H2,1H3,(H2,28,32)(H,31,37)/b29-12-. The number of halogens is 2. The predicted molar refractivity (Wildman–Crippen MR) is 150 cm³/mol. The fourth-order valence-electron chi connectivity index (χ4n) is 4.23. The summed E-state index contributed by atoms with van der Waals surface area (Å²) in [5, 5.41) is 20.4. The Labute approximate surface area is 242 Å². The predicted octanol–water partition coefficient (Wildman–Crippen LogP) is 3.60. The minimum Gasteiger partial charge on any atom is -0.496 e. The van der Waals surface area contributed by atoms with Crippen LogP contribution in [0.5, 0.6) is 11.5 Å². The van der Waals surface area contributed by atoms with Crippen molar-refractivity contribution >= 4 is 45.5 Å². The van der Waals surface area contributed by atoms with Gasteiger partial charge < -0.3 is 15.2 Å². The molecule has 4 aromatic rings. The van der Waals surface area contributed by atoms with E-state index in [4.69, 9.17) is 31.4 Å². The zero-order valence-electron chi connectivity index (χ0n) is 21.4. The number of hydrogen-bond donors (Lipinski definition) is 2. The molecule has 13 nitrogen and oxygen atoms in total. The molecule has 40 heavy (non-hydrogen) atoms. The number of hydrogen-bond acceptors (Lipinski definition) is 11. The minimum absolute atomic E-state index is 0.0264. The zero-order valence-corrected chi connectivity index (χ0v) is 23.7. The van der Waals surface area contributed by atoms with E-state index in [0.717, 1.165) is 31.5 Å².